The third-order valence-corrected chi connectivity index (χ3v) is 6.40. The maximum Gasteiger partial charge on any atom is 0.253 e. The topological polar surface area (TPSA) is 40.6 Å². The Bertz CT molecular complexity index is 999. The molecular formula is C26H26N2O2S. The van der Waals surface area contributed by atoms with E-state index in [-0.39, 0.29) is 11.7 Å². The third kappa shape index (κ3) is 6.06. The fourth-order valence-corrected chi connectivity index (χ4v) is 4.54. The van der Waals surface area contributed by atoms with Gasteiger partial charge in [0.05, 0.1) is 6.54 Å². The molecule has 0 bridgehead atoms. The van der Waals surface area contributed by atoms with Gasteiger partial charge in [-0.3, -0.25) is 14.5 Å². The van der Waals surface area contributed by atoms with E-state index in [1.54, 1.807) is 11.8 Å². The summed E-state index contributed by atoms with van der Waals surface area (Å²) in [4.78, 5) is 31.5. The first-order valence-electron chi connectivity index (χ1n) is 10.6. The highest BCUT2D eigenvalue weighted by Gasteiger charge is 2.23. The second-order valence-electron chi connectivity index (χ2n) is 7.71. The first kappa shape index (κ1) is 21.3. The zero-order valence-electron chi connectivity index (χ0n) is 17.4. The normalized spacial score (nSPS) is 14.4. The van der Waals surface area contributed by atoms with Crippen LogP contribution in [0.4, 0.5) is 0 Å². The van der Waals surface area contributed by atoms with Crippen molar-refractivity contribution in [3.63, 3.8) is 0 Å². The zero-order valence-corrected chi connectivity index (χ0v) is 18.3. The lowest BCUT2D eigenvalue weighted by atomic mass is 10.1. The predicted molar refractivity (Wildman–Crippen MR) is 125 cm³/mol. The molecule has 158 valence electrons. The molecule has 1 fully saturated rings. The molecule has 1 heterocycles. The maximum absolute atomic E-state index is 12.6. The summed E-state index contributed by atoms with van der Waals surface area (Å²) in [6.45, 7) is 3.22. The van der Waals surface area contributed by atoms with Crippen LogP contribution in [0.2, 0.25) is 0 Å². The molecule has 4 nitrogen and oxygen atoms in total. The molecule has 0 aromatic heterocycles. The van der Waals surface area contributed by atoms with Crippen molar-refractivity contribution in [2.24, 2.45) is 0 Å². The van der Waals surface area contributed by atoms with Crippen LogP contribution in [0.15, 0.2) is 94.7 Å². The highest BCUT2D eigenvalue weighted by Crippen LogP contribution is 2.27. The van der Waals surface area contributed by atoms with Gasteiger partial charge in [-0.2, -0.15) is 0 Å². The Morgan fingerprint density at radius 2 is 1.29 bits per heavy atom. The molecule has 3 aromatic carbocycles. The summed E-state index contributed by atoms with van der Waals surface area (Å²) in [5.74, 6) is 0.284. The minimum atomic E-state index is 0.0695. The molecule has 1 amide bonds. The molecule has 0 aliphatic carbocycles. The highest BCUT2D eigenvalue weighted by molar-refractivity contribution is 7.99. The number of hydrogen-bond donors (Lipinski definition) is 0. The molecule has 0 spiro atoms. The zero-order chi connectivity index (χ0) is 21.5. The number of carbonyl (C=O) groups is 2. The van der Waals surface area contributed by atoms with Crippen molar-refractivity contribution in [3.8, 4) is 0 Å². The van der Waals surface area contributed by atoms with Crippen molar-refractivity contribution in [1.82, 2.24) is 9.80 Å². The van der Waals surface area contributed by atoms with Crippen LogP contribution in [0.1, 0.15) is 15.9 Å². The number of ketones is 1. The van der Waals surface area contributed by atoms with Crippen molar-refractivity contribution >= 4 is 23.5 Å². The maximum atomic E-state index is 12.6. The summed E-state index contributed by atoms with van der Waals surface area (Å²) in [6, 6.07) is 27.9. The SMILES string of the molecule is O=C(Cc1ccc(Sc2ccccc2)cc1)CN1CCN(C(=O)c2ccccc2)CC1. The second kappa shape index (κ2) is 10.4. The summed E-state index contributed by atoms with van der Waals surface area (Å²) in [5.41, 5.74) is 1.77. The van der Waals surface area contributed by atoms with E-state index in [0.717, 1.165) is 24.2 Å². The van der Waals surface area contributed by atoms with Crippen LogP contribution in [0.5, 0.6) is 0 Å². The van der Waals surface area contributed by atoms with Gasteiger partial charge in [0.2, 0.25) is 0 Å². The molecule has 0 unspecified atom stereocenters. The lowest BCUT2D eigenvalue weighted by Gasteiger charge is -2.34. The van der Waals surface area contributed by atoms with Crippen LogP contribution >= 0.6 is 11.8 Å². The van der Waals surface area contributed by atoms with E-state index < -0.39 is 0 Å². The summed E-state index contributed by atoms with van der Waals surface area (Å²) < 4.78 is 0. The Balaban J connectivity index is 1.23. The van der Waals surface area contributed by atoms with E-state index in [1.807, 2.05) is 65.6 Å². The van der Waals surface area contributed by atoms with Gasteiger partial charge in [0, 0.05) is 48.0 Å². The predicted octanol–water partition coefficient (Wildman–Crippen LogP) is 4.41. The molecule has 0 saturated carbocycles. The Hall–Kier alpha value is -2.89. The largest absolute Gasteiger partial charge is 0.336 e. The van der Waals surface area contributed by atoms with E-state index >= 15 is 0 Å². The molecule has 3 aromatic rings. The van der Waals surface area contributed by atoms with E-state index in [1.165, 1.54) is 9.79 Å². The molecule has 1 saturated heterocycles. The van der Waals surface area contributed by atoms with Crippen LogP contribution in [0, 0.1) is 0 Å². The van der Waals surface area contributed by atoms with Crippen molar-refractivity contribution in [1.29, 1.82) is 0 Å². The highest BCUT2D eigenvalue weighted by atomic mass is 32.2. The molecule has 31 heavy (non-hydrogen) atoms. The van der Waals surface area contributed by atoms with E-state index in [0.29, 0.717) is 26.1 Å². The first-order chi connectivity index (χ1) is 15.2. The van der Waals surface area contributed by atoms with Crippen LogP contribution in [-0.4, -0.2) is 54.2 Å². The van der Waals surface area contributed by atoms with Gasteiger partial charge in [-0.1, -0.05) is 60.3 Å². The van der Waals surface area contributed by atoms with Crippen LogP contribution < -0.4 is 0 Å². The summed E-state index contributed by atoms with van der Waals surface area (Å²) >= 11 is 1.72. The summed E-state index contributed by atoms with van der Waals surface area (Å²) in [5, 5.41) is 0. The number of Topliss-reactive ketones (excluding diaryl/α,β-unsaturated/α-hetero) is 1. The van der Waals surface area contributed by atoms with Gasteiger partial charge >= 0.3 is 0 Å². The van der Waals surface area contributed by atoms with Gasteiger partial charge < -0.3 is 4.90 Å². The van der Waals surface area contributed by atoms with E-state index in [2.05, 4.69) is 29.2 Å². The number of hydrogen-bond acceptors (Lipinski definition) is 4. The van der Waals surface area contributed by atoms with E-state index in [4.69, 9.17) is 0 Å². The molecule has 5 heteroatoms. The smallest absolute Gasteiger partial charge is 0.253 e. The number of carbonyl (C=O) groups excluding carboxylic acids is 2. The van der Waals surface area contributed by atoms with Gasteiger partial charge in [0.15, 0.2) is 5.78 Å². The minimum absolute atomic E-state index is 0.0695. The minimum Gasteiger partial charge on any atom is -0.336 e. The van der Waals surface area contributed by atoms with E-state index in [9.17, 15) is 9.59 Å². The second-order valence-corrected chi connectivity index (χ2v) is 8.86. The Morgan fingerprint density at radius 3 is 1.94 bits per heavy atom. The quantitative estimate of drug-likeness (QED) is 0.557. The van der Waals surface area contributed by atoms with Crippen LogP contribution in [0.3, 0.4) is 0 Å². The molecular weight excluding hydrogens is 404 g/mol. The van der Waals surface area contributed by atoms with Gasteiger partial charge in [-0.15, -0.1) is 0 Å². The molecule has 0 radical (unpaired) electrons. The summed E-state index contributed by atoms with van der Waals surface area (Å²) in [6.07, 6.45) is 0.444. The molecule has 1 aliphatic rings. The monoisotopic (exact) mass is 430 g/mol. The van der Waals surface area contributed by atoms with Crippen molar-refractivity contribution in [3.05, 3.63) is 96.1 Å². The molecule has 1 aliphatic heterocycles. The van der Waals surface area contributed by atoms with Gasteiger partial charge in [0.1, 0.15) is 0 Å². The lowest BCUT2D eigenvalue weighted by molar-refractivity contribution is -0.119. The van der Waals surface area contributed by atoms with Gasteiger partial charge in [-0.25, -0.2) is 0 Å². The Labute approximate surface area is 187 Å². The fourth-order valence-electron chi connectivity index (χ4n) is 3.71. The Morgan fingerprint density at radius 1 is 0.710 bits per heavy atom. The lowest BCUT2D eigenvalue weighted by Crippen LogP contribution is -2.50. The molecule has 4 rings (SSSR count). The fraction of sp³-hybridized carbons (Fsp3) is 0.231. The standard InChI is InChI=1S/C26H26N2O2S/c29-23(19-21-11-13-25(14-12-21)31-24-9-5-2-6-10-24)20-27-15-17-28(18-16-27)26(30)22-7-3-1-4-8-22/h1-14H,15-20H2. The number of benzene rings is 3. The van der Waals surface area contributed by atoms with Crippen molar-refractivity contribution < 1.29 is 9.59 Å². The number of nitrogens with zero attached hydrogens (tertiary/aromatic N) is 2. The van der Waals surface area contributed by atoms with Gasteiger partial charge in [0.25, 0.3) is 5.91 Å². The van der Waals surface area contributed by atoms with Gasteiger partial charge in [-0.05, 0) is 42.0 Å². The van der Waals surface area contributed by atoms with Crippen LogP contribution in [0.25, 0.3) is 0 Å². The molecule has 0 N–H and O–H groups in total. The average Bonchev–Trinajstić information content (AvgIpc) is 2.82. The number of rotatable bonds is 7. The van der Waals surface area contributed by atoms with Crippen molar-refractivity contribution in [2.45, 2.75) is 16.2 Å². The first-order valence-corrected chi connectivity index (χ1v) is 11.4. The number of amides is 1. The van der Waals surface area contributed by atoms with Crippen LogP contribution in [-0.2, 0) is 11.2 Å². The third-order valence-electron chi connectivity index (χ3n) is 5.38. The average molecular weight is 431 g/mol. The van der Waals surface area contributed by atoms with Crippen molar-refractivity contribution in [2.75, 3.05) is 32.7 Å². The molecule has 0 atom stereocenters. The Kier molecular flexibility index (Phi) is 7.18. The number of piperazine rings is 1. The summed E-state index contributed by atoms with van der Waals surface area (Å²) in [7, 11) is 0.